The zero-order valence-corrected chi connectivity index (χ0v) is 14.8. The Morgan fingerprint density at radius 1 is 0.696 bits per heavy atom. The maximum absolute atomic E-state index is 10.4. The molecule has 2 aromatic carbocycles. The van der Waals surface area contributed by atoms with Crippen molar-refractivity contribution >= 4 is 20.2 Å². The van der Waals surface area contributed by atoms with Gasteiger partial charge in [-0.25, -0.2) is 16.8 Å². The van der Waals surface area contributed by atoms with Crippen LogP contribution in [0.3, 0.4) is 0 Å². The molecule has 0 saturated carbocycles. The first-order valence-corrected chi connectivity index (χ1v) is 8.87. The van der Waals surface area contributed by atoms with Gasteiger partial charge in [-0.05, 0) is 49.2 Å². The molecule has 0 bridgehead atoms. The van der Waals surface area contributed by atoms with Crippen LogP contribution in [0.4, 0.5) is 0 Å². The van der Waals surface area contributed by atoms with Crippen molar-refractivity contribution in [1.82, 2.24) is 0 Å². The van der Waals surface area contributed by atoms with Gasteiger partial charge >= 0.3 is 17.1 Å². The second-order valence-corrected chi connectivity index (χ2v) is 7.30. The minimum absolute atomic E-state index is 0. The van der Waals surface area contributed by atoms with Crippen LogP contribution >= 0.6 is 0 Å². The summed E-state index contributed by atoms with van der Waals surface area (Å²) < 4.78 is 62.6. The van der Waals surface area contributed by atoms with Crippen LogP contribution in [0.1, 0.15) is 11.1 Å². The molecule has 0 saturated heterocycles. The SMILES string of the molecule is Cc1cccc(S(=O)(=O)[O-])c1.Cc1cccc(S(=O)(=O)[O-])c1.[Cu+2]. The Balaban J connectivity index is 0.000000403. The molecule has 0 aliphatic carbocycles. The summed E-state index contributed by atoms with van der Waals surface area (Å²) in [6, 6.07) is 11.8. The van der Waals surface area contributed by atoms with Crippen LogP contribution < -0.4 is 0 Å². The van der Waals surface area contributed by atoms with Gasteiger partial charge in [-0.3, -0.25) is 0 Å². The summed E-state index contributed by atoms with van der Waals surface area (Å²) in [5.41, 5.74) is 1.53. The zero-order chi connectivity index (χ0) is 17.0. The van der Waals surface area contributed by atoms with Crippen molar-refractivity contribution < 1.29 is 43.0 Å². The van der Waals surface area contributed by atoms with Crippen LogP contribution in [-0.4, -0.2) is 25.9 Å². The van der Waals surface area contributed by atoms with Gasteiger partial charge in [0.25, 0.3) is 0 Å². The maximum atomic E-state index is 10.4. The first kappa shape index (κ1) is 21.8. The average Bonchev–Trinajstić information content (AvgIpc) is 2.37. The van der Waals surface area contributed by atoms with Crippen molar-refractivity contribution in [3.05, 3.63) is 59.7 Å². The first-order valence-electron chi connectivity index (χ1n) is 6.05. The molecule has 129 valence electrons. The molecule has 0 N–H and O–H groups in total. The van der Waals surface area contributed by atoms with E-state index in [2.05, 4.69) is 0 Å². The van der Waals surface area contributed by atoms with Gasteiger partial charge in [0.05, 0.1) is 9.79 Å². The summed E-state index contributed by atoms with van der Waals surface area (Å²) in [6.45, 7) is 3.46. The Bertz CT molecular complexity index is 787. The molecule has 0 aromatic heterocycles. The Kier molecular flexibility index (Phi) is 8.13. The topological polar surface area (TPSA) is 114 Å². The molecular formula is C14H14CuO6S2. The Morgan fingerprint density at radius 2 is 1.00 bits per heavy atom. The molecule has 0 heterocycles. The molecule has 2 rings (SSSR count). The van der Waals surface area contributed by atoms with Crippen LogP contribution in [0, 0.1) is 13.8 Å². The summed E-state index contributed by atoms with van der Waals surface area (Å²) in [7, 11) is -8.55. The maximum Gasteiger partial charge on any atom is 2.00 e. The molecule has 0 aliphatic rings. The van der Waals surface area contributed by atoms with Gasteiger partial charge in [-0.2, -0.15) is 0 Å². The quantitative estimate of drug-likeness (QED) is 0.555. The van der Waals surface area contributed by atoms with E-state index in [1.54, 1.807) is 38.1 Å². The van der Waals surface area contributed by atoms with Gasteiger partial charge < -0.3 is 9.11 Å². The third-order valence-corrected chi connectivity index (χ3v) is 4.22. The fraction of sp³-hybridized carbons (Fsp3) is 0.143. The van der Waals surface area contributed by atoms with Gasteiger partial charge in [0.15, 0.2) is 0 Å². The van der Waals surface area contributed by atoms with Crippen molar-refractivity contribution in [3.8, 4) is 0 Å². The molecule has 2 aromatic rings. The predicted octanol–water partition coefficient (Wildman–Crippen LogP) is 1.80. The van der Waals surface area contributed by atoms with Gasteiger partial charge in [-0.15, -0.1) is 0 Å². The minimum atomic E-state index is -4.28. The number of rotatable bonds is 2. The molecule has 6 nitrogen and oxygen atoms in total. The Labute approximate surface area is 146 Å². The van der Waals surface area contributed by atoms with Crippen molar-refractivity contribution in [2.75, 3.05) is 0 Å². The van der Waals surface area contributed by atoms with Crippen LogP contribution in [0.2, 0.25) is 0 Å². The van der Waals surface area contributed by atoms with Crippen molar-refractivity contribution in [3.63, 3.8) is 0 Å². The van der Waals surface area contributed by atoms with E-state index >= 15 is 0 Å². The number of benzene rings is 2. The molecule has 1 radical (unpaired) electrons. The van der Waals surface area contributed by atoms with E-state index in [1.165, 1.54) is 24.3 Å². The molecule has 9 heteroatoms. The normalized spacial score (nSPS) is 11.0. The van der Waals surface area contributed by atoms with Gasteiger partial charge in [-0.1, -0.05) is 24.3 Å². The van der Waals surface area contributed by atoms with E-state index in [0.717, 1.165) is 11.1 Å². The van der Waals surface area contributed by atoms with E-state index in [4.69, 9.17) is 0 Å². The van der Waals surface area contributed by atoms with Gasteiger partial charge in [0, 0.05) is 0 Å². The van der Waals surface area contributed by atoms with Crippen LogP contribution in [0.25, 0.3) is 0 Å². The monoisotopic (exact) mass is 405 g/mol. The fourth-order valence-electron chi connectivity index (χ4n) is 1.54. The Hall–Kier alpha value is -1.22. The summed E-state index contributed by atoms with van der Waals surface area (Å²) in [6.07, 6.45) is 0. The largest absolute Gasteiger partial charge is 2.00 e. The number of aryl methyl sites for hydroxylation is 2. The third-order valence-electron chi connectivity index (χ3n) is 2.56. The molecule has 0 amide bonds. The number of hydrogen-bond donors (Lipinski definition) is 0. The van der Waals surface area contributed by atoms with E-state index in [9.17, 15) is 25.9 Å². The smallest absolute Gasteiger partial charge is 0.744 e. The van der Waals surface area contributed by atoms with E-state index < -0.39 is 20.2 Å². The van der Waals surface area contributed by atoms with Crippen LogP contribution in [0.5, 0.6) is 0 Å². The molecule has 0 aliphatic heterocycles. The van der Waals surface area contributed by atoms with Crippen molar-refractivity contribution in [1.29, 1.82) is 0 Å². The zero-order valence-electron chi connectivity index (χ0n) is 12.2. The fourth-order valence-corrected chi connectivity index (χ4v) is 2.69. The Morgan fingerprint density at radius 3 is 1.17 bits per heavy atom. The van der Waals surface area contributed by atoms with Crippen LogP contribution in [0.15, 0.2) is 58.3 Å². The van der Waals surface area contributed by atoms with E-state index in [0.29, 0.717) is 0 Å². The van der Waals surface area contributed by atoms with Gasteiger partial charge in [0.1, 0.15) is 20.2 Å². The standard InChI is InChI=1S/2C7H8O3S.Cu/c2*1-6-3-2-4-7(5-6)11(8,9)10;/h2*2-5H,1H3,(H,8,9,10);/q;;+2/p-2. The second-order valence-electron chi connectivity index (χ2n) is 4.54. The molecule has 0 atom stereocenters. The molecule has 0 spiro atoms. The summed E-state index contributed by atoms with van der Waals surface area (Å²) in [5.74, 6) is 0. The van der Waals surface area contributed by atoms with Gasteiger partial charge in [0.2, 0.25) is 0 Å². The average molecular weight is 406 g/mol. The summed E-state index contributed by atoms with van der Waals surface area (Å²) in [4.78, 5) is -0.338. The summed E-state index contributed by atoms with van der Waals surface area (Å²) in [5, 5.41) is 0. The third kappa shape index (κ3) is 7.74. The molecular weight excluding hydrogens is 392 g/mol. The second kappa shape index (κ2) is 8.58. The van der Waals surface area contributed by atoms with E-state index in [-0.39, 0.29) is 26.9 Å². The minimum Gasteiger partial charge on any atom is -0.744 e. The van der Waals surface area contributed by atoms with E-state index in [1.807, 2.05) is 0 Å². The van der Waals surface area contributed by atoms with Crippen molar-refractivity contribution in [2.24, 2.45) is 0 Å². The molecule has 0 fully saturated rings. The predicted molar refractivity (Wildman–Crippen MR) is 78.3 cm³/mol. The first-order chi connectivity index (χ1) is 10.00. The van der Waals surface area contributed by atoms with Crippen LogP contribution in [-0.2, 0) is 37.3 Å². The molecule has 23 heavy (non-hydrogen) atoms. The number of hydrogen-bond acceptors (Lipinski definition) is 6. The summed E-state index contributed by atoms with van der Waals surface area (Å²) >= 11 is 0. The molecule has 0 unspecified atom stereocenters. The van der Waals surface area contributed by atoms with Crippen molar-refractivity contribution in [2.45, 2.75) is 23.6 Å².